The van der Waals surface area contributed by atoms with Gasteiger partial charge in [0.2, 0.25) is 0 Å². The Morgan fingerprint density at radius 1 is 0.727 bits per heavy atom. The zero-order chi connectivity index (χ0) is 15.7. The fourth-order valence-corrected chi connectivity index (χ4v) is 1.46. The van der Waals surface area contributed by atoms with E-state index in [-0.39, 0.29) is 59.7 Å². The van der Waals surface area contributed by atoms with E-state index in [0.717, 1.165) is 9.80 Å². The molecule has 0 fully saturated rings. The normalized spacial score (nSPS) is 9.73. The number of nitrogens with zero attached hydrogens (tertiary/aromatic N) is 2. The van der Waals surface area contributed by atoms with Crippen molar-refractivity contribution < 1.29 is 86.2 Å². The number of carbonyl (C=O) groups is 4. The third-order valence-corrected chi connectivity index (χ3v) is 2.16. The maximum atomic E-state index is 10.5. The van der Waals surface area contributed by atoms with E-state index in [1.54, 1.807) is 0 Å². The molecule has 0 aromatic carbocycles. The number of carboxylic acids is 4. The second kappa shape index (κ2) is 13.9. The Morgan fingerprint density at radius 2 is 1.00 bits per heavy atom. The van der Waals surface area contributed by atoms with E-state index in [1.807, 2.05) is 0 Å². The molecule has 0 aromatic heterocycles. The smallest absolute Gasteiger partial charge is 0.549 e. The van der Waals surface area contributed by atoms with Crippen molar-refractivity contribution in [3.05, 3.63) is 0 Å². The number of carbonyl (C=O) groups excluding carboxylic acids is 2. The van der Waals surface area contributed by atoms with Gasteiger partial charge in [-0.15, -0.1) is 0 Å². The van der Waals surface area contributed by atoms with Gasteiger partial charge in [-0.05, 0) is 0 Å². The number of aliphatic carboxylic acids is 4. The quantitative estimate of drug-likeness (QED) is 0.335. The van der Waals surface area contributed by atoms with Gasteiger partial charge in [0.15, 0.2) is 0 Å². The maximum absolute atomic E-state index is 10.5. The third-order valence-electron chi connectivity index (χ3n) is 2.16. The van der Waals surface area contributed by atoms with Crippen molar-refractivity contribution in [1.29, 1.82) is 0 Å². The van der Waals surface area contributed by atoms with Gasteiger partial charge < -0.3 is 30.0 Å². The maximum Gasteiger partial charge on any atom is 5.00 e. The molecule has 0 atom stereocenters. The molecule has 0 heterocycles. The van der Waals surface area contributed by atoms with E-state index in [9.17, 15) is 29.4 Å². The first-order valence-electron chi connectivity index (χ1n) is 5.48. The summed E-state index contributed by atoms with van der Waals surface area (Å²) >= 11 is 0. The van der Waals surface area contributed by atoms with Gasteiger partial charge in [0.1, 0.15) is 0 Å². The third kappa shape index (κ3) is 15.7. The predicted octanol–water partition coefficient (Wildman–Crippen LogP) is -7.74. The first kappa shape index (κ1) is 26.2. The first-order valence-corrected chi connectivity index (χ1v) is 5.48. The van der Waals surface area contributed by atoms with Crippen LogP contribution in [0.3, 0.4) is 0 Å². The number of hydrogen-bond acceptors (Lipinski definition) is 8. The van der Waals surface area contributed by atoms with Gasteiger partial charge >= 0.3 is 58.6 Å². The van der Waals surface area contributed by atoms with E-state index < -0.39 is 50.1 Å². The Kier molecular flexibility index (Phi) is 16.6. The van der Waals surface area contributed by atoms with Crippen LogP contribution in [0.25, 0.3) is 0 Å². The van der Waals surface area contributed by atoms with Crippen LogP contribution in [-0.2, 0) is 36.2 Å². The van der Waals surface area contributed by atoms with Crippen molar-refractivity contribution in [1.82, 2.24) is 9.80 Å². The minimum Gasteiger partial charge on any atom is -0.549 e. The van der Waals surface area contributed by atoms with Crippen LogP contribution in [0, 0.1) is 0 Å². The molecule has 0 aliphatic carbocycles. The summed E-state index contributed by atoms with van der Waals surface area (Å²) in [5, 5.41) is 38.0. The molecule has 10 nitrogen and oxygen atoms in total. The zero-order valence-electron chi connectivity index (χ0n) is 11.8. The van der Waals surface area contributed by atoms with Crippen LogP contribution in [0.2, 0.25) is 0 Å². The van der Waals surface area contributed by atoms with Crippen LogP contribution in [-0.4, -0.2) is 83.2 Å². The second-order valence-corrected chi connectivity index (χ2v) is 3.95. The molecule has 0 aliphatic heterocycles. The van der Waals surface area contributed by atoms with Crippen molar-refractivity contribution in [3.63, 3.8) is 0 Å². The van der Waals surface area contributed by atoms with E-state index in [0.29, 0.717) is 0 Å². The molecule has 0 rings (SSSR count). The van der Waals surface area contributed by atoms with Crippen molar-refractivity contribution in [2.45, 2.75) is 0 Å². The van der Waals surface area contributed by atoms with Crippen LogP contribution < -0.4 is 39.8 Å². The topological polar surface area (TPSA) is 161 Å². The molecular weight excluding hydrogens is 355 g/mol. The minimum atomic E-state index is -1.49. The average Bonchev–Trinajstić information content (AvgIpc) is 2.22. The molecule has 12 heteroatoms. The fourth-order valence-electron chi connectivity index (χ4n) is 1.46. The molecule has 0 saturated heterocycles. The molecule has 22 heavy (non-hydrogen) atoms. The number of carboxylic acid groups (broad SMARTS) is 4. The van der Waals surface area contributed by atoms with Gasteiger partial charge in [0.05, 0.1) is 25.0 Å². The summed E-state index contributed by atoms with van der Waals surface area (Å²) in [5.41, 5.74) is 0. The molecule has 0 bridgehead atoms. The Balaban J connectivity index is -0.00000180. The van der Waals surface area contributed by atoms with Gasteiger partial charge in [-0.3, -0.25) is 19.4 Å². The molecule has 2 N–H and O–H groups in total. The summed E-state index contributed by atoms with van der Waals surface area (Å²) in [6.07, 6.45) is 0. The molecule has 1 radical (unpaired) electrons. The van der Waals surface area contributed by atoms with Crippen LogP contribution in [0.5, 0.6) is 0 Å². The molecule has 0 spiro atoms. The first-order chi connectivity index (χ1) is 9.20. The number of rotatable bonds is 11. The van der Waals surface area contributed by atoms with Crippen LogP contribution in [0.4, 0.5) is 0 Å². The summed E-state index contributed by atoms with van der Waals surface area (Å²) in [5.74, 6) is -5.52. The van der Waals surface area contributed by atoms with Crippen molar-refractivity contribution in [2.24, 2.45) is 0 Å². The van der Waals surface area contributed by atoms with Gasteiger partial charge in [0, 0.05) is 26.2 Å². The minimum absolute atomic E-state index is 0. The average molecular weight is 369 g/mol. The second-order valence-electron chi connectivity index (χ2n) is 3.95. The predicted molar refractivity (Wildman–Crippen MR) is 58.2 cm³/mol. The van der Waals surface area contributed by atoms with Gasteiger partial charge in [-0.1, -0.05) is 0 Å². The summed E-state index contributed by atoms with van der Waals surface area (Å²) < 4.78 is 0. The monoisotopic (exact) mass is 369 g/mol. The van der Waals surface area contributed by atoms with Crippen molar-refractivity contribution in [2.75, 3.05) is 39.3 Å². The van der Waals surface area contributed by atoms with E-state index in [1.165, 1.54) is 0 Å². The van der Waals surface area contributed by atoms with Crippen LogP contribution in [0.1, 0.15) is 0 Å². The van der Waals surface area contributed by atoms with E-state index in [4.69, 9.17) is 10.2 Å². The Hall–Kier alpha value is -0.681. The van der Waals surface area contributed by atoms with E-state index >= 15 is 0 Å². The van der Waals surface area contributed by atoms with Crippen LogP contribution >= 0.6 is 0 Å². The molecule has 0 aromatic rings. The van der Waals surface area contributed by atoms with E-state index in [2.05, 4.69) is 0 Å². The standard InChI is InChI=1S/C10H16N2O8.Fe.Na/c13-7(14)3-11(4-8(15)16)1-2-12(5-9(17)18)6-10(19)20;;/h1-6H2,(H,13,14)(H,15,16)(H,17,18)(H,19,20);;/q;+5;+1/p-2. The Labute approximate surface area is 158 Å². The van der Waals surface area contributed by atoms with Crippen LogP contribution in [0.15, 0.2) is 0 Å². The SMILES string of the molecule is O=C([O-])CN(CCN(CC(=O)[O-])CC(=O)O)CC(=O)O.[Fe+5].[Na+]. The summed E-state index contributed by atoms with van der Waals surface area (Å²) in [6.45, 7) is -2.75. The fraction of sp³-hybridized carbons (Fsp3) is 0.600. The Bertz CT molecular complexity index is 327. The molecule has 0 unspecified atom stereocenters. The Morgan fingerprint density at radius 3 is 1.18 bits per heavy atom. The molecular formula is C10H14FeN2NaO8+4. The summed E-state index contributed by atoms with van der Waals surface area (Å²) in [6, 6.07) is 0. The van der Waals surface area contributed by atoms with Gasteiger partial charge in [0.25, 0.3) is 0 Å². The zero-order valence-corrected chi connectivity index (χ0v) is 14.9. The summed E-state index contributed by atoms with van der Waals surface area (Å²) in [4.78, 5) is 43.9. The largest absolute Gasteiger partial charge is 5.00 e. The molecule has 117 valence electrons. The molecule has 0 saturated carbocycles. The summed E-state index contributed by atoms with van der Waals surface area (Å²) in [7, 11) is 0. The molecule has 0 aliphatic rings. The van der Waals surface area contributed by atoms with Crippen molar-refractivity contribution >= 4 is 23.9 Å². The van der Waals surface area contributed by atoms with Gasteiger partial charge in [-0.25, -0.2) is 0 Å². The number of hydrogen-bond donors (Lipinski definition) is 2. The van der Waals surface area contributed by atoms with Gasteiger partial charge in [-0.2, -0.15) is 0 Å². The molecule has 0 amide bonds. The van der Waals surface area contributed by atoms with Crippen molar-refractivity contribution in [3.8, 4) is 0 Å².